The smallest absolute Gasteiger partial charge is 0.423 e. The van der Waals surface area contributed by atoms with Crippen molar-refractivity contribution in [3.8, 4) is 0 Å². The van der Waals surface area contributed by atoms with E-state index in [1.165, 1.54) is 0 Å². The van der Waals surface area contributed by atoms with Crippen LogP contribution in [0.1, 0.15) is 0 Å². The normalized spacial score (nSPS) is 10.1. The second kappa shape index (κ2) is 3.39. The summed E-state index contributed by atoms with van der Waals surface area (Å²) in [5.74, 6) is -1.84. The molecular formula is C6H4BClF2O2. The number of benzene rings is 1. The highest BCUT2D eigenvalue weighted by Crippen LogP contribution is 2.13. The molecule has 0 amide bonds. The minimum absolute atomic E-state index is 0.474. The van der Waals surface area contributed by atoms with Crippen molar-refractivity contribution < 1.29 is 18.8 Å². The fourth-order valence-electron chi connectivity index (χ4n) is 0.764. The third-order valence-electron chi connectivity index (χ3n) is 1.30. The summed E-state index contributed by atoms with van der Waals surface area (Å²) < 4.78 is 25.3. The van der Waals surface area contributed by atoms with Crippen LogP contribution in [0.15, 0.2) is 12.1 Å². The van der Waals surface area contributed by atoms with E-state index in [-0.39, 0.29) is 0 Å². The Balaban J connectivity index is 3.28. The highest BCUT2D eigenvalue weighted by molar-refractivity contribution is 6.59. The molecule has 0 bridgehead atoms. The summed E-state index contributed by atoms with van der Waals surface area (Å²) in [5.41, 5.74) is -0.569. The van der Waals surface area contributed by atoms with Gasteiger partial charge in [-0.25, -0.2) is 8.78 Å². The van der Waals surface area contributed by atoms with Crippen LogP contribution in [-0.2, 0) is 0 Å². The third kappa shape index (κ3) is 1.74. The van der Waals surface area contributed by atoms with Gasteiger partial charge >= 0.3 is 7.12 Å². The van der Waals surface area contributed by atoms with Crippen LogP contribution in [-0.4, -0.2) is 17.2 Å². The first-order valence-corrected chi connectivity index (χ1v) is 3.40. The Labute approximate surface area is 72.5 Å². The average molecular weight is 192 g/mol. The fraction of sp³-hybridized carbons (Fsp3) is 0. The Morgan fingerprint density at radius 2 is 1.83 bits per heavy atom. The number of hydrogen-bond donors (Lipinski definition) is 2. The molecular weight excluding hydrogens is 188 g/mol. The summed E-state index contributed by atoms with van der Waals surface area (Å²) >= 11 is 5.23. The van der Waals surface area contributed by atoms with Gasteiger partial charge in [-0.2, -0.15) is 0 Å². The molecule has 64 valence electrons. The molecule has 0 saturated heterocycles. The monoisotopic (exact) mass is 192 g/mol. The summed E-state index contributed by atoms with van der Waals surface area (Å²) in [6.45, 7) is 0. The Morgan fingerprint density at radius 3 is 2.33 bits per heavy atom. The van der Waals surface area contributed by atoms with E-state index >= 15 is 0 Å². The number of hydrogen-bond acceptors (Lipinski definition) is 2. The molecule has 0 saturated carbocycles. The van der Waals surface area contributed by atoms with Gasteiger partial charge in [-0.1, -0.05) is 11.6 Å². The van der Waals surface area contributed by atoms with E-state index in [4.69, 9.17) is 21.6 Å². The Bertz CT molecular complexity index is 306. The van der Waals surface area contributed by atoms with E-state index < -0.39 is 29.2 Å². The van der Waals surface area contributed by atoms with Crippen LogP contribution in [0.25, 0.3) is 0 Å². The molecule has 6 heteroatoms. The molecule has 0 heterocycles. The van der Waals surface area contributed by atoms with Gasteiger partial charge in [0, 0.05) is 5.46 Å². The molecule has 0 fully saturated rings. The molecule has 1 rings (SSSR count). The van der Waals surface area contributed by atoms with Crippen molar-refractivity contribution in [1.29, 1.82) is 0 Å². The molecule has 0 unspecified atom stereocenters. The van der Waals surface area contributed by atoms with Gasteiger partial charge in [-0.15, -0.1) is 0 Å². The lowest BCUT2D eigenvalue weighted by molar-refractivity contribution is 0.422. The van der Waals surface area contributed by atoms with Crippen molar-refractivity contribution in [3.05, 3.63) is 28.8 Å². The lowest BCUT2D eigenvalue weighted by atomic mass is 9.80. The Kier molecular flexibility index (Phi) is 2.67. The summed E-state index contributed by atoms with van der Waals surface area (Å²) in [4.78, 5) is 0. The number of rotatable bonds is 1. The third-order valence-corrected chi connectivity index (χ3v) is 1.57. The van der Waals surface area contributed by atoms with Crippen LogP contribution < -0.4 is 5.46 Å². The zero-order chi connectivity index (χ0) is 9.30. The quantitative estimate of drug-likeness (QED) is 0.496. The Hall–Kier alpha value is -0.645. The second-order valence-electron chi connectivity index (χ2n) is 2.16. The Morgan fingerprint density at radius 1 is 1.25 bits per heavy atom. The van der Waals surface area contributed by atoms with Crippen molar-refractivity contribution in [2.75, 3.05) is 0 Å². The van der Waals surface area contributed by atoms with Crippen molar-refractivity contribution in [2.45, 2.75) is 0 Å². The van der Waals surface area contributed by atoms with Gasteiger partial charge in [0.1, 0.15) is 11.6 Å². The molecule has 0 aliphatic carbocycles. The first kappa shape index (κ1) is 9.44. The highest BCUT2D eigenvalue weighted by Gasteiger charge is 2.19. The summed E-state index contributed by atoms with van der Waals surface area (Å²) in [6, 6.07) is 1.43. The molecule has 0 aliphatic rings. The molecule has 0 spiro atoms. The van der Waals surface area contributed by atoms with Crippen molar-refractivity contribution in [2.24, 2.45) is 0 Å². The zero-order valence-electron chi connectivity index (χ0n) is 5.76. The number of halogens is 3. The van der Waals surface area contributed by atoms with Gasteiger partial charge in [-0.05, 0) is 12.1 Å². The molecule has 1 aromatic carbocycles. The van der Waals surface area contributed by atoms with Gasteiger partial charge < -0.3 is 10.0 Å². The minimum atomic E-state index is -2.06. The highest BCUT2D eigenvalue weighted by atomic mass is 35.5. The van der Waals surface area contributed by atoms with Gasteiger partial charge in [-0.3, -0.25) is 0 Å². The zero-order valence-corrected chi connectivity index (χ0v) is 6.52. The second-order valence-corrected chi connectivity index (χ2v) is 2.57. The van der Waals surface area contributed by atoms with Crippen LogP contribution in [0.4, 0.5) is 8.78 Å². The summed E-state index contributed by atoms with van der Waals surface area (Å²) in [6.07, 6.45) is 0. The van der Waals surface area contributed by atoms with Crippen molar-refractivity contribution in [1.82, 2.24) is 0 Å². The summed E-state index contributed by atoms with van der Waals surface area (Å²) in [5, 5.41) is 16.6. The molecule has 0 aromatic heterocycles. The van der Waals surface area contributed by atoms with E-state index in [9.17, 15) is 8.78 Å². The van der Waals surface area contributed by atoms with Crippen molar-refractivity contribution >= 4 is 24.2 Å². The van der Waals surface area contributed by atoms with Crippen LogP contribution >= 0.6 is 11.6 Å². The van der Waals surface area contributed by atoms with E-state index in [2.05, 4.69) is 0 Å². The van der Waals surface area contributed by atoms with E-state index in [0.717, 1.165) is 6.07 Å². The molecule has 2 N–H and O–H groups in total. The SMILES string of the molecule is OB(O)c1cc(F)cc(Cl)c1F. The lowest BCUT2D eigenvalue weighted by Crippen LogP contribution is -2.33. The minimum Gasteiger partial charge on any atom is -0.423 e. The topological polar surface area (TPSA) is 40.5 Å². The van der Waals surface area contributed by atoms with Crippen molar-refractivity contribution in [3.63, 3.8) is 0 Å². The van der Waals surface area contributed by atoms with Gasteiger partial charge in [0.15, 0.2) is 0 Å². The molecule has 1 aromatic rings. The standard InChI is InChI=1S/C6H4BClF2O2/c8-5-2-3(9)1-4(6(5)10)7(11)12/h1-2,11-12H. The maximum absolute atomic E-state index is 12.8. The predicted octanol–water partition coefficient (Wildman–Crippen LogP) is 0.298. The van der Waals surface area contributed by atoms with Crippen LogP contribution in [0.2, 0.25) is 5.02 Å². The maximum Gasteiger partial charge on any atom is 0.491 e. The molecule has 0 aliphatic heterocycles. The molecule has 2 nitrogen and oxygen atoms in total. The molecule has 12 heavy (non-hydrogen) atoms. The molecule has 0 atom stereocenters. The fourth-order valence-corrected chi connectivity index (χ4v) is 0.977. The van der Waals surface area contributed by atoms with Gasteiger partial charge in [0.05, 0.1) is 5.02 Å². The first-order valence-electron chi connectivity index (χ1n) is 3.03. The summed E-state index contributed by atoms with van der Waals surface area (Å²) in [7, 11) is -2.06. The van der Waals surface area contributed by atoms with Crippen LogP contribution in [0, 0.1) is 11.6 Å². The van der Waals surface area contributed by atoms with E-state index in [1.54, 1.807) is 0 Å². The van der Waals surface area contributed by atoms with E-state index in [1.807, 2.05) is 0 Å². The maximum atomic E-state index is 12.8. The van der Waals surface area contributed by atoms with E-state index in [0.29, 0.717) is 6.07 Å². The predicted molar refractivity (Wildman–Crippen MR) is 41.2 cm³/mol. The largest absolute Gasteiger partial charge is 0.491 e. The first-order chi connectivity index (χ1) is 5.52. The van der Waals surface area contributed by atoms with Crippen LogP contribution in [0.5, 0.6) is 0 Å². The van der Waals surface area contributed by atoms with Crippen LogP contribution in [0.3, 0.4) is 0 Å². The lowest BCUT2D eigenvalue weighted by Gasteiger charge is -2.02. The average Bonchev–Trinajstić information content (AvgIpc) is 1.96. The van der Waals surface area contributed by atoms with Gasteiger partial charge in [0.25, 0.3) is 0 Å². The molecule has 0 radical (unpaired) electrons. The van der Waals surface area contributed by atoms with Gasteiger partial charge in [0.2, 0.25) is 0 Å².